The number of imidazole rings is 1. The third kappa shape index (κ3) is 2.76. The number of para-hydroxylation sites is 2. The summed E-state index contributed by atoms with van der Waals surface area (Å²) in [5.74, 6) is 1.24. The summed E-state index contributed by atoms with van der Waals surface area (Å²) in [7, 11) is 0. The van der Waals surface area contributed by atoms with E-state index in [9.17, 15) is 4.79 Å². The fourth-order valence-corrected chi connectivity index (χ4v) is 3.85. The molecule has 3 heterocycles. The summed E-state index contributed by atoms with van der Waals surface area (Å²) < 4.78 is 8.83. The number of rotatable bonds is 4. The molecule has 138 valence electrons. The highest BCUT2D eigenvalue weighted by atomic mass is 16.5. The van der Waals surface area contributed by atoms with Gasteiger partial charge in [-0.25, -0.2) is 9.36 Å². The first-order valence-corrected chi connectivity index (χ1v) is 9.38. The van der Waals surface area contributed by atoms with Crippen LogP contribution < -0.4 is 5.69 Å². The number of hydrogen-bond donors (Lipinski definition) is 0. The zero-order valence-electron chi connectivity index (χ0n) is 15.6. The van der Waals surface area contributed by atoms with Gasteiger partial charge in [-0.2, -0.15) is 4.98 Å². The zero-order valence-corrected chi connectivity index (χ0v) is 15.6. The third-order valence-corrected chi connectivity index (χ3v) is 5.39. The number of likely N-dealkylation sites (tertiary alicyclic amines) is 1. The Morgan fingerprint density at radius 1 is 1.19 bits per heavy atom. The van der Waals surface area contributed by atoms with Crippen molar-refractivity contribution in [3.05, 3.63) is 40.6 Å². The first-order valence-electron chi connectivity index (χ1n) is 9.38. The Bertz CT molecular complexity index is 960. The Kier molecular flexibility index (Phi) is 4.40. The van der Waals surface area contributed by atoms with Crippen LogP contribution in [0.1, 0.15) is 45.4 Å². The molecule has 1 saturated heterocycles. The van der Waals surface area contributed by atoms with E-state index in [1.54, 1.807) is 9.13 Å². The van der Waals surface area contributed by atoms with Crippen molar-refractivity contribution in [2.75, 3.05) is 13.1 Å². The van der Waals surface area contributed by atoms with Gasteiger partial charge in [0.05, 0.1) is 11.0 Å². The molecule has 0 radical (unpaired) electrons. The van der Waals surface area contributed by atoms with Crippen LogP contribution in [0.2, 0.25) is 0 Å². The van der Waals surface area contributed by atoms with Crippen LogP contribution >= 0.6 is 0 Å². The van der Waals surface area contributed by atoms with Gasteiger partial charge in [0.1, 0.15) is 0 Å². The van der Waals surface area contributed by atoms with E-state index < -0.39 is 0 Å². The van der Waals surface area contributed by atoms with Crippen molar-refractivity contribution in [1.29, 1.82) is 0 Å². The second-order valence-electron chi connectivity index (χ2n) is 7.19. The molecule has 7 nitrogen and oxygen atoms in total. The topological polar surface area (TPSA) is 69.1 Å². The molecule has 4 rings (SSSR count). The Hall–Kier alpha value is -2.41. The highest BCUT2D eigenvalue weighted by Crippen LogP contribution is 2.28. The van der Waals surface area contributed by atoms with Gasteiger partial charge in [0.2, 0.25) is 5.89 Å². The molecule has 0 spiro atoms. The molecule has 0 saturated carbocycles. The minimum Gasteiger partial charge on any atom is -0.337 e. The summed E-state index contributed by atoms with van der Waals surface area (Å²) in [4.78, 5) is 19.9. The molecule has 1 aromatic carbocycles. The van der Waals surface area contributed by atoms with E-state index in [1.165, 1.54) is 0 Å². The van der Waals surface area contributed by atoms with Crippen molar-refractivity contribution in [3.63, 3.8) is 0 Å². The van der Waals surface area contributed by atoms with Crippen LogP contribution in [0.5, 0.6) is 0 Å². The number of aromatic nitrogens is 4. The summed E-state index contributed by atoms with van der Waals surface area (Å²) in [5, 5.41) is 4.12. The number of hydrogen-bond acceptors (Lipinski definition) is 5. The minimum atomic E-state index is -0.129. The van der Waals surface area contributed by atoms with Crippen molar-refractivity contribution in [2.24, 2.45) is 0 Å². The predicted octanol–water partition coefficient (Wildman–Crippen LogP) is 2.78. The molecule has 0 aliphatic carbocycles. The zero-order chi connectivity index (χ0) is 18.3. The molecule has 3 aromatic rings. The van der Waals surface area contributed by atoms with Crippen molar-refractivity contribution in [3.8, 4) is 5.95 Å². The van der Waals surface area contributed by atoms with Crippen LogP contribution in [0.3, 0.4) is 0 Å². The van der Waals surface area contributed by atoms with Crippen LogP contribution in [0.4, 0.5) is 0 Å². The van der Waals surface area contributed by atoms with Gasteiger partial charge in [0.15, 0.2) is 0 Å². The molecule has 7 heteroatoms. The number of piperidine rings is 1. The molecule has 1 aliphatic rings. The number of benzene rings is 1. The normalized spacial score (nSPS) is 16.8. The van der Waals surface area contributed by atoms with Crippen LogP contribution in [-0.4, -0.2) is 43.3 Å². The fourth-order valence-electron chi connectivity index (χ4n) is 3.85. The highest BCUT2D eigenvalue weighted by molar-refractivity contribution is 5.77. The van der Waals surface area contributed by atoms with Crippen molar-refractivity contribution in [2.45, 2.75) is 52.1 Å². The lowest BCUT2D eigenvalue weighted by Gasteiger charge is -2.33. The maximum Gasteiger partial charge on any atom is 0.336 e. The van der Waals surface area contributed by atoms with Gasteiger partial charge in [-0.1, -0.05) is 12.1 Å². The number of nitrogens with zero attached hydrogens (tertiary/aromatic N) is 5. The van der Waals surface area contributed by atoms with Gasteiger partial charge in [-0.3, -0.25) is 4.57 Å². The van der Waals surface area contributed by atoms with E-state index in [2.05, 4.69) is 28.9 Å². The summed E-state index contributed by atoms with van der Waals surface area (Å²) in [5.41, 5.74) is 1.56. The van der Waals surface area contributed by atoms with E-state index in [0.29, 0.717) is 24.4 Å². The van der Waals surface area contributed by atoms with E-state index in [1.807, 2.05) is 31.2 Å². The van der Waals surface area contributed by atoms with Gasteiger partial charge in [-0.15, -0.1) is 0 Å². The van der Waals surface area contributed by atoms with Crippen LogP contribution in [0.25, 0.3) is 17.0 Å². The smallest absolute Gasteiger partial charge is 0.336 e. The Morgan fingerprint density at radius 3 is 2.54 bits per heavy atom. The summed E-state index contributed by atoms with van der Waals surface area (Å²) in [6.45, 7) is 9.08. The lowest BCUT2D eigenvalue weighted by Crippen LogP contribution is -2.37. The van der Waals surface area contributed by atoms with Crippen molar-refractivity contribution >= 4 is 11.0 Å². The van der Waals surface area contributed by atoms with E-state index in [0.717, 1.165) is 37.0 Å². The molecule has 0 bridgehead atoms. The number of aryl methyl sites for hydroxylation is 1. The van der Waals surface area contributed by atoms with Crippen LogP contribution in [0.15, 0.2) is 33.6 Å². The first-order chi connectivity index (χ1) is 12.6. The summed E-state index contributed by atoms with van der Waals surface area (Å²) >= 11 is 0. The monoisotopic (exact) mass is 355 g/mol. The van der Waals surface area contributed by atoms with Gasteiger partial charge in [-0.05, 0) is 64.0 Å². The highest BCUT2D eigenvalue weighted by Gasteiger charge is 2.27. The molecular formula is C19H25N5O2. The molecule has 1 aliphatic heterocycles. The molecule has 0 amide bonds. The van der Waals surface area contributed by atoms with Gasteiger partial charge in [0.25, 0.3) is 5.95 Å². The van der Waals surface area contributed by atoms with E-state index in [4.69, 9.17) is 4.52 Å². The average molecular weight is 355 g/mol. The predicted molar refractivity (Wildman–Crippen MR) is 99.7 cm³/mol. The molecule has 0 unspecified atom stereocenters. The van der Waals surface area contributed by atoms with E-state index >= 15 is 0 Å². The van der Waals surface area contributed by atoms with Gasteiger partial charge < -0.3 is 9.42 Å². The molecule has 0 atom stereocenters. The third-order valence-electron chi connectivity index (χ3n) is 5.39. The molecule has 1 fully saturated rings. The van der Waals surface area contributed by atoms with Crippen LogP contribution in [0, 0.1) is 0 Å². The van der Waals surface area contributed by atoms with Gasteiger partial charge in [0, 0.05) is 18.5 Å². The Labute approximate surface area is 152 Å². The first kappa shape index (κ1) is 17.0. The second-order valence-corrected chi connectivity index (χ2v) is 7.19. The number of fused-ring (bicyclic) bond motifs is 1. The quantitative estimate of drug-likeness (QED) is 0.720. The van der Waals surface area contributed by atoms with Gasteiger partial charge >= 0.3 is 5.69 Å². The molecule has 26 heavy (non-hydrogen) atoms. The Morgan fingerprint density at radius 2 is 1.88 bits per heavy atom. The lowest BCUT2D eigenvalue weighted by atomic mass is 9.96. The standard InChI is InChI=1S/C19H25N5O2/c1-4-23-15-7-5-6-8-16(15)24(19(23)25)18-20-17(26-21-18)14-9-11-22(12-10-14)13(2)3/h5-8,13-14H,4,9-12H2,1-3H3. The largest absolute Gasteiger partial charge is 0.337 e. The summed E-state index contributed by atoms with van der Waals surface area (Å²) in [6.07, 6.45) is 2.01. The molecule has 0 N–H and O–H groups in total. The summed E-state index contributed by atoms with van der Waals surface area (Å²) in [6, 6.07) is 8.27. The Balaban J connectivity index is 1.67. The van der Waals surface area contributed by atoms with Crippen LogP contribution in [-0.2, 0) is 6.54 Å². The van der Waals surface area contributed by atoms with Crippen molar-refractivity contribution in [1.82, 2.24) is 24.2 Å². The minimum absolute atomic E-state index is 0.129. The van der Waals surface area contributed by atoms with Crippen molar-refractivity contribution < 1.29 is 4.52 Å². The lowest BCUT2D eigenvalue weighted by molar-refractivity contribution is 0.160. The second kappa shape index (κ2) is 6.72. The SMILES string of the molecule is CCn1c(=O)n(-c2noc(C3CCN(C(C)C)CC3)n2)c2ccccc21. The molecular weight excluding hydrogens is 330 g/mol. The fraction of sp³-hybridized carbons (Fsp3) is 0.526. The van der Waals surface area contributed by atoms with E-state index in [-0.39, 0.29) is 11.6 Å². The maximum absolute atomic E-state index is 12.8. The molecule has 2 aromatic heterocycles. The maximum atomic E-state index is 12.8. The average Bonchev–Trinajstić information content (AvgIpc) is 3.23.